The summed E-state index contributed by atoms with van der Waals surface area (Å²) in [4.78, 5) is 13.9. The third-order valence-corrected chi connectivity index (χ3v) is 3.30. The summed E-state index contributed by atoms with van der Waals surface area (Å²) in [6, 6.07) is 8.65. The number of hydrogen-bond acceptors (Lipinski definition) is 5. The zero-order chi connectivity index (χ0) is 15.9. The number of nitrogens with one attached hydrogen (secondary N) is 1. The maximum atomic E-state index is 10.6. The van der Waals surface area contributed by atoms with E-state index >= 15 is 0 Å². The number of halogens is 2. The van der Waals surface area contributed by atoms with Crippen LogP contribution >= 0.6 is 23.2 Å². The quantitative estimate of drug-likeness (QED) is 0.469. The largest absolute Gasteiger partial charge is 0.375 e. The molecule has 1 aromatic heterocycles. The Morgan fingerprint density at radius 1 is 1.27 bits per heavy atom. The summed E-state index contributed by atoms with van der Waals surface area (Å²) in [5, 5.41) is 14.4. The van der Waals surface area contributed by atoms with E-state index in [-0.39, 0.29) is 10.7 Å². The zero-order valence-electron chi connectivity index (χ0n) is 11.5. The minimum Gasteiger partial charge on any atom is -0.375 e. The Morgan fingerprint density at radius 3 is 2.64 bits per heavy atom. The Kier molecular flexibility index (Phi) is 5.94. The van der Waals surface area contributed by atoms with Crippen molar-refractivity contribution in [2.24, 2.45) is 0 Å². The summed E-state index contributed by atoms with van der Waals surface area (Å²) in [7, 11) is 0. The summed E-state index contributed by atoms with van der Waals surface area (Å²) in [5.41, 5.74) is 0.880. The van der Waals surface area contributed by atoms with Gasteiger partial charge in [-0.3, -0.25) is 10.1 Å². The van der Waals surface area contributed by atoms with Crippen LogP contribution in [0.1, 0.15) is 5.56 Å². The molecule has 1 heterocycles. The van der Waals surface area contributed by atoms with Gasteiger partial charge in [-0.25, -0.2) is 4.98 Å². The van der Waals surface area contributed by atoms with Crippen molar-refractivity contribution in [1.82, 2.24) is 4.98 Å². The van der Waals surface area contributed by atoms with Gasteiger partial charge >= 0.3 is 0 Å². The Labute approximate surface area is 137 Å². The number of rotatable bonds is 7. The maximum absolute atomic E-state index is 10.6. The number of benzene rings is 1. The molecule has 0 aliphatic heterocycles. The SMILES string of the molecule is O=[N+]([O-])c1cnc(NCCOCc2ccc(Cl)cc2)c(Cl)c1. The molecule has 2 aromatic rings. The Hall–Kier alpha value is -1.89. The van der Waals surface area contributed by atoms with Crippen molar-refractivity contribution >= 4 is 34.7 Å². The van der Waals surface area contributed by atoms with Crippen molar-refractivity contribution in [2.45, 2.75) is 6.61 Å². The first-order valence-electron chi connectivity index (χ1n) is 6.42. The van der Waals surface area contributed by atoms with Gasteiger partial charge in [-0.1, -0.05) is 35.3 Å². The Balaban J connectivity index is 1.74. The molecule has 0 amide bonds. The number of ether oxygens (including phenoxy) is 1. The van der Waals surface area contributed by atoms with Crippen LogP contribution < -0.4 is 5.32 Å². The minimum atomic E-state index is -0.544. The van der Waals surface area contributed by atoms with Gasteiger partial charge in [-0.15, -0.1) is 0 Å². The number of nitro groups is 1. The topological polar surface area (TPSA) is 77.3 Å². The van der Waals surface area contributed by atoms with Crippen molar-refractivity contribution in [3.63, 3.8) is 0 Å². The van der Waals surface area contributed by atoms with E-state index in [0.717, 1.165) is 11.8 Å². The summed E-state index contributed by atoms with van der Waals surface area (Å²) < 4.78 is 5.50. The van der Waals surface area contributed by atoms with E-state index in [1.807, 2.05) is 12.1 Å². The maximum Gasteiger partial charge on any atom is 0.289 e. The third-order valence-electron chi connectivity index (χ3n) is 2.76. The number of pyridine rings is 1. The second kappa shape index (κ2) is 7.93. The van der Waals surface area contributed by atoms with Crippen molar-refractivity contribution < 1.29 is 9.66 Å². The molecular formula is C14H13Cl2N3O3. The number of hydrogen-bond donors (Lipinski definition) is 1. The monoisotopic (exact) mass is 341 g/mol. The lowest BCUT2D eigenvalue weighted by molar-refractivity contribution is -0.385. The average molecular weight is 342 g/mol. The number of anilines is 1. The predicted octanol–water partition coefficient (Wildman–Crippen LogP) is 3.93. The molecule has 0 radical (unpaired) electrons. The molecule has 0 aliphatic carbocycles. The second-order valence-corrected chi connectivity index (χ2v) is 5.23. The minimum absolute atomic E-state index is 0.144. The van der Waals surface area contributed by atoms with Crippen LogP contribution in [0, 0.1) is 10.1 Å². The molecule has 116 valence electrons. The summed E-state index contributed by atoms with van der Waals surface area (Å²) in [6.45, 7) is 1.40. The van der Waals surface area contributed by atoms with Crippen LogP contribution in [-0.4, -0.2) is 23.1 Å². The molecule has 0 bridgehead atoms. The zero-order valence-corrected chi connectivity index (χ0v) is 13.0. The molecule has 6 nitrogen and oxygen atoms in total. The van der Waals surface area contributed by atoms with Crippen LogP contribution in [0.15, 0.2) is 36.5 Å². The van der Waals surface area contributed by atoms with Gasteiger partial charge in [-0.2, -0.15) is 0 Å². The van der Waals surface area contributed by atoms with Crippen LogP contribution in [0.2, 0.25) is 10.0 Å². The van der Waals surface area contributed by atoms with Crippen molar-refractivity contribution in [2.75, 3.05) is 18.5 Å². The normalized spacial score (nSPS) is 10.5. The van der Waals surface area contributed by atoms with Crippen LogP contribution in [0.25, 0.3) is 0 Å². The number of nitrogens with zero attached hydrogens (tertiary/aromatic N) is 2. The molecule has 0 atom stereocenters. The lowest BCUT2D eigenvalue weighted by atomic mass is 10.2. The van der Waals surface area contributed by atoms with Gasteiger partial charge in [0.15, 0.2) is 0 Å². The van der Waals surface area contributed by atoms with Crippen LogP contribution in [0.5, 0.6) is 0 Å². The third kappa shape index (κ3) is 4.84. The molecule has 0 fully saturated rings. The first kappa shape index (κ1) is 16.5. The van der Waals surface area contributed by atoms with Crippen molar-refractivity contribution in [3.8, 4) is 0 Å². The molecule has 0 saturated heterocycles. The Morgan fingerprint density at radius 2 is 2.00 bits per heavy atom. The first-order chi connectivity index (χ1) is 10.6. The van der Waals surface area contributed by atoms with E-state index < -0.39 is 4.92 Å². The lowest BCUT2D eigenvalue weighted by Crippen LogP contribution is -2.10. The van der Waals surface area contributed by atoms with E-state index in [1.54, 1.807) is 12.1 Å². The molecule has 0 saturated carbocycles. The molecule has 1 N–H and O–H groups in total. The van der Waals surface area contributed by atoms with E-state index in [2.05, 4.69) is 10.3 Å². The van der Waals surface area contributed by atoms with Crippen LogP contribution in [0.3, 0.4) is 0 Å². The van der Waals surface area contributed by atoms with E-state index in [4.69, 9.17) is 27.9 Å². The van der Waals surface area contributed by atoms with E-state index in [1.165, 1.54) is 6.07 Å². The highest BCUT2D eigenvalue weighted by atomic mass is 35.5. The molecule has 8 heteroatoms. The average Bonchev–Trinajstić information content (AvgIpc) is 2.50. The second-order valence-electron chi connectivity index (χ2n) is 4.39. The van der Waals surface area contributed by atoms with Gasteiger partial charge in [-0.05, 0) is 17.7 Å². The van der Waals surface area contributed by atoms with E-state index in [0.29, 0.717) is 30.6 Å². The molecule has 0 aliphatic rings. The van der Waals surface area contributed by atoms with Crippen LogP contribution in [0.4, 0.5) is 11.5 Å². The van der Waals surface area contributed by atoms with Crippen LogP contribution in [-0.2, 0) is 11.3 Å². The molecule has 22 heavy (non-hydrogen) atoms. The summed E-state index contributed by atoms with van der Waals surface area (Å²) in [6.07, 6.45) is 1.16. The number of aromatic nitrogens is 1. The molecule has 1 aromatic carbocycles. The van der Waals surface area contributed by atoms with Gasteiger partial charge in [0, 0.05) is 17.6 Å². The summed E-state index contributed by atoms with van der Waals surface area (Å²) in [5.74, 6) is 0.391. The molecule has 2 rings (SSSR count). The van der Waals surface area contributed by atoms with Gasteiger partial charge in [0.1, 0.15) is 12.0 Å². The van der Waals surface area contributed by atoms with Gasteiger partial charge < -0.3 is 10.1 Å². The standard InChI is InChI=1S/C14H13Cl2N3O3/c15-11-3-1-10(2-4-11)9-22-6-5-17-14-13(16)7-12(8-18-14)19(20)21/h1-4,7-8H,5-6,9H2,(H,17,18). The Bertz CT molecular complexity index is 650. The molecular weight excluding hydrogens is 329 g/mol. The molecule has 0 unspecified atom stereocenters. The fourth-order valence-electron chi connectivity index (χ4n) is 1.67. The fraction of sp³-hybridized carbons (Fsp3) is 0.214. The predicted molar refractivity (Wildman–Crippen MR) is 85.5 cm³/mol. The summed E-state index contributed by atoms with van der Waals surface area (Å²) >= 11 is 11.7. The van der Waals surface area contributed by atoms with Crippen molar-refractivity contribution in [1.29, 1.82) is 0 Å². The highest BCUT2D eigenvalue weighted by Crippen LogP contribution is 2.23. The molecule has 0 spiro atoms. The van der Waals surface area contributed by atoms with Gasteiger partial charge in [0.25, 0.3) is 5.69 Å². The van der Waals surface area contributed by atoms with E-state index in [9.17, 15) is 10.1 Å². The van der Waals surface area contributed by atoms with Gasteiger partial charge in [0.05, 0.1) is 23.2 Å². The smallest absolute Gasteiger partial charge is 0.289 e. The highest BCUT2D eigenvalue weighted by molar-refractivity contribution is 6.33. The highest BCUT2D eigenvalue weighted by Gasteiger charge is 2.10. The first-order valence-corrected chi connectivity index (χ1v) is 7.18. The van der Waals surface area contributed by atoms with Gasteiger partial charge in [0.2, 0.25) is 0 Å². The van der Waals surface area contributed by atoms with Crippen molar-refractivity contribution in [3.05, 3.63) is 62.3 Å². The fourth-order valence-corrected chi connectivity index (χ4v) is 2.02. The lowest BCUT2D eigenvalue weighted by Gasteiger charge is -2.08.